The molecule has 6 nitrogen and oxygen atoms in total. The number of nitrogens with zero attached hydrogens (tertiary/aromatic N) is 2. The summed E-state index contributed by atoms with van der Waals surface area (Å²) in [7, 11) is 1.55. The second-order valence-electron chi connectivity index (χ2n) is 6.46. The molecule has 2 aromatic rings. The van der Waals surface area contributed by atoms with E-state index < -0.39 is 5.76 Å². The molecule has 0 spiro atoms. The number of rotatable bonds is 6. The first kappa shape index (κ1) is 17.5. The minimum absolute atomic E-state index is 0.115. The third kappa shape index (κ3) is 4.22. The molecule has 7 heteroatoms. The molecule has 1 aliphatic rings. The lowest BCUT2D eigenvalue weighted by atomic mass is 9.96. The van der Waals surface area contributed by atoms with Crippen molar-refractivity contribution < 1.29 is 18.7 Å². The standard InChI is InChI=1S/C18H23FN2O4/c1-24-16-10-15(19)3-2-14(16)6-9-20-7-4-13(5-8-20)11-21-17(22)12-25-18(21)23/h2-3,10,12-13,22H,4-9,11H2,1H3. The van der Waals surface area contributed by atoms with Crippen LogP contribution in [-0.2, 0) is 13.0 Å². The summed E-state index contributed by atoms with van der Waals surface area (Å²) in [5.74, 6) is 0.0147. The van der Waals surface area contributed by atoms with Crippen molar-refractivity contribution in [1.82, 2.24) is 9.47 Å². The first-order valence-electron chi connectivity index (χ1n) is 8.49. The van der Waals surface area contributed by atoms with Crippen LogP contribution in [0.3, 0.4) is 0 Å². The molecule has 0 aliphatic carbocycles. The number of likely N-dealkylation sites (tertiary alicyclic amines) is 1. The van der Waals surface area contributed by atoms with Crippen molar-refractivity contribution >= 4 is 0 Å². The highest BCUT2D eigenvalue weighted by Crippen LogP contribution is 2.23. The van der Waals surface area contributed by atoms with Gasteiger partial charge in [0.25, 0.3) is 0 Å². The Bertz CT molecular complexity index is 763. The molecule has 25 heavy (non-hydrogen) atoms. The van der Waals surface area contributed by atoms with Gasteiger partial charge in [-0.05, 0) is 49.9 Å². The van der Waals surface area contributed by atoms with Gasteiger partial charge in [0.1, 0.15) is 11.6 Å². The molecule has 1 saturated heterocycles. The van der Waals surface area contributed by atoms with E-state index in [-0.39, 0.29) is 11.7 Å². The van der Waals surface area contributed by atoms with Crippen LogP contribution in [0.15, 0.2) is 33.7 Å². The Labute approximate surface area is 145 Å². The van der Waals surface area contributed by atoms with Gasteiger partial charge in [-0.2, -0.15) is 0 Å². The van der Waals surface area contributed by atoms with Crippen LogP contribution in [-0.4, -0.2) is 41.3 Å². The summed E-state index contributed by atoms with van der Waals surface area (Å²) in [5, 5.41) is 9.61. The van der Waals surface area contributed by atoms with Gasteiger partial charge in [0.2, 0.25) is 5.88 Å². The van der Waals surface area contributed by atoms with Crippen LogP contribution in [0.4, 0.5) is 4.39 Å². The van der Waals surface area contributed by atoms with E-state index in [0.29, 0.717) is 18.2 Å². The summed E-state index contributed by atoms with van der Waals surface area (Å²) < 4.78 is 24.5. The molecule has 1 aromatic carbocycles. The molecule has 1 aromatic heterocycles. The van der Waals surface area contributed by atoms with Crippen molar-refractivity contribution in [1.29, 1.82) is 0 Å². The Balaban J connectivity index is 1.49. The number of benzene rings is 1. The molecular weight excluding hydrogens is 327 g/mol. The van der Waals surface area contributed by atoms with Crippen LogP contribution >= 0.6 is 0 Å². The van der Waals surface area contributed by atoms with E-state index in [4.69, 9.17) is 4.74 Å². The van der Waals surface area contributed by atoms with Crippen molar-refractivity contribution in [3.63, 3.8) is 0 Å². The summed E-state index contributed by atoms with van der Waals surface area (Å²) in [6, 6.07) is 4.64. The summed E-state index contributed by atoms with van der Waals surface area (Å²) >= 11 is 0. The molecule has 0 unspecified atom stereocenters. The van der Waals surface area contributed by atoms with Crippen molar-refractivity contribution in [2.24, 2.45) is 5.92 Å². The Morgan fingerprint density at radius 3 is 2.76 bits per heavy atom. The molecule has 0 bridgehead atoms. The maximum Gasteiger partial charge on any atom is 0.421 e. The van der Waals surface area contributed by atoms with Crippen LogP contribution in [0.5, 0.6) is 11.6 Å². The first-order valence-corrected chi connectivity index (χ1v) is 8.49. The Kier molecular flexibility index (Phi) is 5.43. The molecule has 136 valence electrons. The van der Waals surface area contributed by atoms with Gasteiger partial charge in [-0.15, -0.1) is 0 Å². The molecule has 0 amide bonds. The van der Waals surface area contributed by atoms with Crippen LogP contribution in [0.1, 0.15) is 18.4 Å². The number of aromatic nitrogens is 1. The van der Waals surface area contributed by atoms with Crippen molar-refractivity contribution in [2.45, 2.75) is 25.8 Å². The van der Waals surface area contributed by atoms with Gasteiger partial charge < -0.3 is 19.2 Å². The maximum atomic E-state index is 13.2. The lowest BCUT2D eigenvalue weighted by Gasteiger charge is -2.32. The highest BCUT2D eigenvalue weighted by atomic mass is 19.1. The Hall–Kier alpha value is -2.28. The SMILES string of the molecule is COc1cc(F)ccc1CCN1CCC(Cn2c(O)coc2=O)CC1. The third-order valence-electron chi connectivity index (χ3n) is 4.86. The fourth-order valence-corrected chi connectivity index (χ4v) is 3.35. The molecule has 0 saturated carbocycles. The molecule has 1 fully saturated rings. The number of oxazole rings is 1. The van der Waals surface area contributed by atoms with Gasteiger partial charge in [0, 0.05) is 19.2 Å². The van der Waals surface area contributed by atoms with Crippen LogP contribution in [0.25, 0.3) is 0 Å². The summed E-state index contributed by atoms with van der Waals surface area (Å²) in [6.07, 6.45) is 3.79. The summed E-state index contributed by atoms with van der Waals surface area (Å²) in [6.45, 7) is 3.23. The first-order chi connectivity index (χ1) is 12.1. The fourth-order valence-electron chi connectivity index (χ4n) is 3.35. The lowest BCUT2D eigenvalue weighted by Crippen LogP contribution is -2.37. The van der Waals surface area contributed by atoms with Crippen LogP contribution in [0, 0.1) is 11.7 Å². The van der Waals surface area contributed by atoms with E-state index in [1.807, 2.05) is 0 Å². The molecule has 0 radical (unpaired) electrons. The topological polar surface area (TPSA) is 67.8 Å². The number of hydrogen-bond acceptors (Lipinski definition) is 5. The molecule has 3 rings (SSSR count). The highest BCUT2D eigenvalue weighted by molar-refractivity contribution is 5.34. The van der Waals surface area contributed by atoms with E-state index >= 15 is 0 Å². The number of halogens is 1. The van der Waals surface area contributed by atoms with Gasteiger partial charge in [-0.1, -0.05) is 6.07 Å². The van der Waals surface area contributed by atoms with Crippen molar-refractivity contribution in [2.75, 3.05) is 26.7 Å². The normalized spacial score (nSPS) is 16.2. The summed E-state index contributed by atoms with van der Waals surface area (Å²) in [5.41, 5.74) is 1.00. The van der Waals surface area contributed by atoms with E-state index in [1.54, 1.807) is 13.2 Å². The average molecular weight is 350 g/mol. The Morgan fingerprint density at radius 2 is 2.12 bits per heavy atom. The lowest BCUT2D eigenvalue weighted by molar-refractivity contribution is 0.171. The van der Waals surface area contributed by atoms with Gasteiger partial charge in [0.15, 0.2) is 6.26 Å². The second kappa shape index (κ2) is 7.74. The smallest absolute Gasteiger partial charge is 0.421 e. The zero-order valence-corrected chi connectivity index (χ0v) is 14.3. The molecular formula is C18H23FN2O4. The predicted octanol–water partition coefficient (Wildman–Crippen LogP) is 2.25. The van der Waals surface area contributed by atoms with Gasteiger partial charge in [0.05, 0.1) is 7.11 Å². The Morgan fingerprint density at radius 1 is 1.36 bits per heavy atom. The third-order valence-corrected chi connectivity index (χ3v) is 4.86. The van der Waals surface area contributed by atoms with E-state index in [0.717, 1.165) is 50.7 Å². The average Bonchev–Trinajstić information content (AvgIpc) is 2.93. The zero-order valence-electron chi connectivity index (χ0n) is 14.3. The predicted molar refractivity (Wildman–Crippen MR) is 90.5 cm³/mol. The number of aromatic hydroxyl groups is 1. The van der Waals surface area contributed by atoms with Crippen LogP contribution < -0.4 is 10.5 Å². The van der Waals surface area contributed by atoms with Gasteiger partial charge in [-0.3, -0.25) is 0 Å². The molecule has 1 N–H and O–H groups in total. The minimum Gasteiger partial charge on any atom is -0.496 e. The van der Waals surface area contributed by atoms with E-state index in [1.165, 1.54) is 16.7 Å². The maximum absolute atomic E-state index is 13.2. The second-order valence-corrected chi connectivity index (χ2v) is 6.46. The zero-order chi connectivity index (χ0) is 17.8. The quantitative estimate of drug-likeness (QED) is 0.865. The van der Waals surface area contributed by atoms with Gasteiger partial charge in [-0.25, -0.2) is 13.8 Å². The molecule has 2 heterocycles. The number of ether oxygens (including phenoxy) is 1. The molecule has 1 aliphatic heterocycles. The van der Waals surface area contributed by atoms with Crippen molar-refractivity contribution in [3.05, 3.63) is 46.4 Å². The fraction of sp³-hybridized carbons (Fsp3) is 0.500. The minimum atomic E-state index is -0.511. The largest absolute Gasteiger partial charge is 0.496 e. The number of piperidine rings is 1. The highest BCUT2D eigenvalue weighted by Gasteiger charge is 2.21. The number of hydrogen-bond donors (Lipinski definition) is 1. The number of methoxy groups -OCH3 is 1. The molecule has 0 atom stereocenters. The van der Waals surface area contributed by atoms with Crippen molar-refractivity contribution in [3.8, 4) is 11.6 Å². The monoisotopic (exact) mass is 350 g/mol. The van der Waals surface area contributed by atoms with E-state index in [9.17, 15) is 14.3 Å². The van der Waals surface area contributed by atoms with Gasteiger partial charge >= 0.3 is 5.76 Å². The van der Waals surface area contributed by atoms with Crippen LogP contribution in [0.2, 0.25) is 0 Å². The summed E-state index contributed by atoms with van der Waals surface area (Å²) in [4.78, 5) is 13.9. The van der Waals surface area contributed by atoms with E-state index in [2.05, 4.69) is 9.32 Å².